The number of methoxy groups -OCH3 is 1. The summed E-state index contributed by atoms with van der Waals surface area (Å²) in [5, 5.41) is 10.0. The quantitative estimate of drug-likeness (QED) is 0.469. The van der Waals surface area contributed by atoms with E-state index >= 15 is 0 Å². The third kappa shape index (κ3) is 4.54. The Morgan fingerprint density at radius 3 is 2.70 bits per heavy atom. The summed E-state index contributed by atoms with van der Waals surface area (Å²) >= 11 is 0. The van der Waals surface area contributed by atoms with Crippen LogP contribution in [0.1, 0.15) is 49.2 Å². The number of aromatic nitrogens is 1. The molecule has 1 saturated heterocycles. The fourth-order valence-electron chi connectivity index (χ4n) is 5.57. The second-order valence-corrected chi connectivity index (χ2v) is 10.3. The predicted octanol–water partition coefficient (Wildman–Crippen LogP) is 3.23. The second kappa shape index (κ2) is 10.5. The maximum absolute atomic E-state index is 14.1. The second-order valence-electron chi connectivity index (χ2n) is 10.3. The summed E-state index contributed by atoms with van der Waals surface area (Å²) in [6, 6.07) is 6.75. The molecule has 2 aliphatic carbocycles. The van der Waals surface area contributed by atoms with Crippen LogP contribution in [0.4, 0.5) is 4.79 Å². The number of oxazole rings is 1. The van der Waals surface area contributed by atoms with E-state index in [4.69, 9.17) is 18.6 Å². The number of amides is 3. The number of rotatable bonds is 9. The Morgan fingerprint density at radius 2 is 2.02 bits per heavy atom. The van der Waals surface area contributed by atoms with Crippen LogP contribution in [-0.2, 0) is 19.1 Å². The van der Waals surface area contributed by atoms with Gasteiger partial charge in [-0.15, -0.1) is 4.90 Å². The van der Waals surface area contributed by atoms with Crippen LogP contribution in [0.5, 0.6) is 5.75 Å². The fourth-order valence-corrected chi connectivity index (χ4v) is 5.57. The molecule has 0 bridgehead atoms. The number of carboxylic acids is 1. The van der Waals surface area contributed by atoms with E-state index in [2.05, 4.69) is 4.98 Å². The molecule has 3 heterocycles. The number of benzene rings is 1. The van der Waals surface area contributed by atoms with E-state index in [0.717, 1.165) is 10.5 Å². The number of fused-ring (bicyclic) bond motifs is 1. The van der Waals surface area contributed by atoms with Gasteiger partial charge in [-0.25, -0.2) is 14.6 Å². The van der Waals surface area contributed by atoms with Crippen LogP contribution in [0.3, 0.4) is 0 Å². The molecule has 1 saturated carbocycles. The number of nitrogens with zero attached hydrogens (tertiary/aromatic N) is 3. The van der Waals surface area contributed by atoms with Gasteiger partial charge in [0.25, 0.3) is 0 Å². The molecular weight excluding hydrogens is 518 g/mol. The van der Waals surface area contributed by atoms with Gasteiger partial charge < -0.3 is 23.7 Å². The van der Waals surface area contributed by atoms with Crippen molar-refractivity contribution in [2.24, 2.45) is 0 Å². The van der Waals surface area contributed by atoms with Crippen LogP contribution in [0.2, 0.25) is 0 Å². The first kappa shape index (κ1) is 26.1. The van der Waals surface area contributed by atoms with E-state index in [0.29, 0.717) is 43.4 Å². The molecule has 40 heavy (non-hydrogen) atoms. The van der Waals surface area contributed by atoms with Crippen molar-refractivity contribution in [3.05, 3.63) is 72.0 Å². The summed E-state index contributed by atoms with van der Waals surface area (Å²) in [5.74, 6) is -1.30. The zero-order valence-electron chi connectivity index (χ0n) is 22.0. The standard InChI is InChI=1S/C29H29N3O8/c1-37-23-5-3-2-4-20(23)24(40-19-8-13-38-14-9-19)17-31-22-7-6-18(25-30-12-15-39-25)16-21(22)26(33)32(28(31)36)29(10-11-29)27(34)35/h2-7,12,15-16,18-19,24H,8-11,13-14,17H2,1H3/p+1/t18?,24-/m0/s1. The summed E-state index contributed by atoms with van der Waals surface area (Å²) in [5.41, 5.74) is -0.219. The average molecular weight is 549 g/mol. The maximum atomic E-state index is 14.1. The van der Waals surface area contributed by atoms with E-state index in [-0.39, 0.29) is 31.1 Å². The number of aliphatic carboxylic acids is 1. The highest BCUT2D eigenvalue weighted by molar-refractivity contribution is 6.30. The normalized spacial score (nSPS) is 23.1. The van der Waals surface area contributed by atoms with E-state index < -0.39 is 35.5 Å². The highest BCUT2D eigenvalue weighted by atomic mass is 16.5. The van der Waals surface area contributed by atoms with Gasteiger partial charge in [0.05, 0.1) is 25.3 Å². The first-order chi connectivity index (χ1) is 19.4. The molecule has 2 aromatic rings. The Kier molecular flexibility index (Phi) is 6.85. The molecule has 6 rings (SSSR count). The Morgan fingerprint density at radius 1 is 1.25 bits per heavy atom. The van der Waals surface area contributed by atoms with Crippen LogP contribution < -0.4 is 4.74 Å². The Labute approximate surface area is 230 Å². The molecule has 208 valence electrons. The van der Waals surface area contributed by atoms with Crippen molar-refractivity contribution in [1.29, 1.82) is 0 Å². The zero-order chi connectivity index (χ0) is 27.9. The molecule has 11 nitrogen and oxygen atoms in total. The molecule has 2 fully saturated rings. The predicted molar refractivity (Wildman–Crippen MR) is 139 cm³/mol. The van der Waals surface area contributed by atoms with Crippen molar-refractivity contribution < 1.29 is 42.7 Å². The number of urea groups is 1. The summed E-state index contributed by atoms with van der Waals surface area (Å²) in [6.45, 7) is 1.19. The van der Waals surface area contributed by atoms with Crippen LogP contribution in [0, 0.1) is 0 Å². The number of carbonyl (C=O) groups excluding carboxylic acids is 2. The summed E-state index contributed by atoms with van der Waals surface area (Å²) < 4.78 is 24.6. The van der Waals surface area contributed by atoms with E-state index in [1.165, 1.54) is 17.0 Å². The van der Waals surface area contributed by atoms with Crippen LogP contribution in [0.15, 0.2) is 64.9 Å². The third-order valence-electron chi connectivity index (χ3n) is 7.88. The molecule has 2 atom stereocenters. The van der Waals surface area contributed by atoms with Gasteiger partial charge in [-0.1, -0.05) is 24.3 Å². The lowest BCUT2D eigenvalue weighted by Gasteiger charge is -2.32. The Balaban J connectivity index is 1.44. The van der Waals surface area contributed by atoms with Gasteiger partial charge in [0.1, 0.15) is 35.9 Å². The number of imide groups is 1. The molecule has 11 heteroatoms. The molecule has 3 amide bonds. The molecule has 0 radical (unpaired) electrons. The number of allylic oxidation sites excluding steroid dienone is 3. The smallest absolute Gasteiger partial charge is 0.496 e. The summed E-state index contributed by atoms with van der Waals surface area (Å²) in [6.07, 6.45) is 9.20. The van der Waals surface area contributed by atoms with Gasteiger partial charge in [-0.3, -0.25) is 0 Å². The minimum absolute atomic E-state index is 0.0384. The fraction of sp³-hybridized carbons (Fsp3) is 0.414. The summed E-state index contributed by atoms with van der Waals surface area (Å²) in [7, 11) is 1.57. The number of ether oxygens (including phenoxy) is 3. The van der Waals surface area contributed by atoms with Crippen molar-refractivity contribution >= 4 is 23.6 Å². The van der Waals surface area contributed by atoms with Crippen molar-refractivity contribution in [1.82, 2.24) is 9.88 Å². The first-order valence-corrected chi connectivity index (χ1v) is 13.4. The monoisotopic (exact) mass is 548 g/mol. The molecular formula is C29H30N3O8+. The van der Waals surface area contributed by atoms with Gasteiger partial charge in [0.15, 0.2) is 0 Å². The van der Waals surface area contributed by atoms with Crippen molar-refractivity contribution in [2.75, 3.05) is 26.9 Å². The van der Waals surface area contributed by atoms with Crippen LogP contribution in [-0.4, -0.2) is 81.7 Å². The number of carbonyl (C=O) groups is 3. The number of carboxylic acid groups (broad SMARTS) is 1. The lowest BCUT2D eigenvalue weighted by atomic mass is 9.92. The number of para-hydroxylation sites is 1. The molecule has 4 aliphatic rings. The van der Waals surface area contributed by atoms with Gasteiger partial charge in [-0.05, 0) is 31.1 Å². The maximum Gasteiger partial charge on any atom is 0.502 e. The Hall–Kier alpha value is -4.09. The Bertz CT molecular complexity index is 1420. The van der Waals surface area contributed by atoms with Crippen LogP contribution in [0.25, 0.3) is 0 Å². The largest absolute Gasteiger partial charge is 0.502 e. The SMILES string of the molecule is COc1ccccc1[C@H](C[N+]1=C2C=CC(c3ncco3)C=C2C(=O)N(C2(C(=O)O)CC2)C1=O)OC1CCOCC1. The average Bonchev–Trinajstić information content (AvgIpc) is 3.59. The van der Waals surface area contributed by atoms with Crippen molar-refractivity contribution in [2.45, 2.75) is 49.3 Å². The summed E-state index contributed by atoms with van der Waals surface area (Å²) in [4.78, 5) is 45.2. The molecule has 1 N–H and O–H groups in total. The van der Waals surface area contributed by atoms with Crippen molar-refractivity contribution in [3.63, 3.8) is 0 Å². The molecule has 1 aromatic heterocycles. The molecule has 2 aliphatic heterocycles. The van der Waals surface area contributed by atoms with Gasteiger partial charge in [-0.2, -0.15) is 9.37 Å². The number of hydrogen-bond donors (Lipinski definition) is 1. The molecule has 0 spiro atoms. The van der Waals surface area contributed by atoms with E-state index in [1.54, 1.807) is 25.3 Å². The topological polar surface area (TPSA) is 131 Å². The number of hydrogen-bond acceptors (Lipinski definition) is 8. The zero-order valence-corrected chi connectivity index (χ0v) is 22.0. The first-order valence-electron chi connectivity index (χ1n) is 13.4. The highest BCUT2D eigenvalue weighted by Crippen LogP contribution is 2.45. The third-order valence-corrected chi connectivity index (χ3v) is 7.88. The lowest BCUT2D eigenvalue weighted by molar-refractivity contribution is -0.453. The highest BCUT2D eigenvalue weighted by Gasteiger charge is 2.68. The minimum atomic E-state index is -1.57. The van der Waals surface area contributed by atoms with Crippen LogP contribution >= 0.6 is 0 Å². The van der Waals surface area contributed by atoms with Gasteiger partial charge >= 0.3 is 17.9 Å². The van der Waals surface area contributed by atoms with Gasteiger partial charge in [0, 0.05) is 31.6 Å². The van der Waals surface area contributed by atoms with Gasteiger partial charge in [0.2, 0.25) is 11.4 Å². The molecule has 1 aromatic carbocycles. The lowest BCUT2D eigenvalue weighted by Crippen LogP contribution is -2.59. The van der Waals surface area contributed by atoms with E-state index in [1.807, 2.05) is 24.3 Å². The van der Waals surface area contributed by atoms with E-state index in [9.17, 15) is 19.5 Å². The minimum Gasteiger partial charge on any atom is -0.496 e. The van der Waals surface area contributed by atoms with Crippen molar-refractivity contribution in [3.8, 4) is 5.75 Å². The molecule has 1 unspecified atom stereocenters.